The maximum atomic E-state index is 13.0. The third-order valence-corrected chi connectivity index (χ3v) is 1.64. The van der Waals surface area contributed by atoms with Crippen molar-refractivity contribution < 1.29 is 9.13 Å². The first-order valence-electron chi connectivity index (χ1n) is 4.40. The van der Waals surface area contributed by atoms with Gasteiger partial charge in [0.1, 0.15) is 5.82 Å². The van der Waals surface area contributed by atoms with Crippen LogP contribution in [0.15, 0.2) is 24.3 Å². The molecule has 1 aromatic carbocycles. The van der Waals surface area contributed by atoms with Gasteiger partial charge in [-0.25, -0.2) is 4.39 Å². The lowest BCUT2D eigenvalue weighted by molar-refractivity contribution is 0.158. The Hall–Kier alpha value is -1.09. The van der Waals surface area contributed by atoms with Gasteiger partial charge >= 0.3 is 0 Å². The summed E-state index contributed by atoms with van der Waals surface area (Å²) in [5, 5.41) is 2.95. The first-order chi connectivity index (χ1) is 6.34. The van der Waals surface area contributed by atoms with E-state index in [4.69, 9.17) is 4.74 Å². The number of benzene rings is 1. The zero-order chi connectivity index (χ0) is 9.52. The van der Waals surface area contributed by atoms with Crippen LogP contribution in [-0.4, -0.2) is 19.8 Å². The number of ether oxygens (including phenoxy) is 1. The summed E-state index contributed by atoms with van der Waals surface area (Å²) in [7, 11) is 0. The minimum absolute atomic E-state index is 0.223. The van der Waals surface area contributed by atoms with Gasteiger partial charge in [-0.05, 0) is 19.1 Å². The molecule has 0 fully saturated rings. The van der Waals surface area contributed by atoms with E-state index in [2.05, 4.69) is 5.32 Å². The van der Waals surface area contributed by atoms with Crippen LogP contribution >= 0.6 is 0 Å². The molecule has 0 aromatic heterocycles. The van der Waals surface area contributed by atoms with Crippen LogP contribution in [0.3, 0.4) is 0 Å². The van der Waals surface area contributed by atoms with E-state index in [-0.39, 0.29) is 5.82 Å². The molecule has 0 aliphatic carbocycles. The number of rotatable bonds is 5. The molecule has 3 heteroatoms. The summed E-state index contributed by atoms with van der Waals surface area (Å²) in [5.74, 6) is -0.223. The first kappa shape index (κ1) is 9.99. The summed E-state index contributed by atoms with van der Waals surface area (Å²) in [6.45, 7) is 3.86. The summed E-state index contributed by atoms with van der Waals surface area (Å²) in [6, 6.07) is 6.61. The van der Waals surface area contributed by atoms with E-state index in [0.717, 1.165) is 0 Å². The van der Waals surface area contributed by atoms with Gasteiger partial charge in [0.15, 0.2) is 0 Å². The normalized spacial score (nSPS) is 10.0. The smallest absolute Gasteiger partial charge is 0.146 e. The molecule has 72 valence electrons. The third-order valence-electron chi connectivity index (χ3n) is 1.64. The molecule has 0 aliphatic heterocycles. The fourth-order valence-corrected chi connectivity index (χ4v) is 1.01. The van der Waals surface area contributed by atoms with Crippen molar-refractivity contribution in [3.8, 4) is 0 Å². The molecule has 1 aromatic rings. The van der Waals surface area contributed by atoms with Crippen LogP contribution < -0.4 is 5.32 Å². The molecule has 0 atom stereocenters. The fourth-order valence-electron chi connectivity index (χ4n) is 1.01. The van der Waals surface area contributed by atoms with E-state index in [9.17, 15) is 4.39 Å². The molecule has 0 heterocycles. The van der Waals surface area contributed by atoms with Crippen molar-refractivity contribution in [1.29, 1.82) is 0 Å². The number of hydrogen-bond acceptors (Lipinski definition) is 2. The van der Waals surface area contributed by atoms with Crippen molar-refractivity contribution in [3.05, 3.63) is 30.1 Å². The lowest BCUT2D eigenvalue weighted by Crippen LogP contribution is -2.09. The zero-order valence-corrected chi connectivity index (χ0v) is 7.72. The van der Waals surface area contributed by atoms with Gasteiger partial charge in [-0.1, -0.05) is 12.1 Å². The topological polar surface area (TPSA) is 21.3 Å². The van der Waals surface area contributed by atoms with E-state index in [0.29, 0.717) is 25.4 Å². The molecule has 0 radical (unpaired) electrons. The number of para-hydroxylation sites is 1. The highest BCUT2D eigenvalue weighted by atomic mass is 19.1. The molecule has 0 aliphatic rings. The second kappa shape index (κ2) is 5.54. The molecule has 0 amide bonds. The molecule has 1 N–H and O–H groups in total. The standard InChI is InChI=1S/C10H14FNO/c1-2-13-8-7-12-10-6-4-3-5-9(10)11/h3-6,12H,2,7-8H2,1H3. The molecule has 0 spiro atoms. The van der Waals surface area contributed by atoms with Crippen molar-refractivity contribution in [2.24, 2.45) is 0 Å². The molecular formula is C10H14FNO. The summed E-state index contributed by atoms with van der Waals surface area (Å²) >= 11 is 0. The van der Waals surface area contributed by atoms with Crippen molar-refractivity contribution in [2.75, 3.05) is 25.1 Å². The summed E-state index contributed by atoms with van der Waals surface area (Å²) in [5.41, 5.74) is 0.530. The highest BCUT2D eigenvalue weighted by Crippen LogP contribution is 2.11. The van der Waals surface area contributed by atoms with Crippen LogP contribution in [0, 0.1) is 5.82 Å². The van der Waals surface area contributed by atoms with Crippen molar-refractivity contribution in [2.45, 2.75) is 6.92 Å². The van der Waals surface area contributed by atoms with E-state index in [1.165, 1.54) is 6.07 Å². The predicted molar refractivity (Wildman–Crippen MR) is 51.4 cm³/mol. The molecule has 0 saturated carbocycles. The third kappa shape index (κ3) is 3.42. The SMILES string of the molecule is CCOCCNc1ccccc1F. The van der Waals surface area contributed by atoms with E-state index >= 15 is 0 Å². The van der Waals surface area contributed by atoms with Gasteiger partial charge in [0.05, 0.1) is 12.3 Å². The Labute approximate surface area is 77.7 Å². The monoisotopic (exact) mass is 183 g/mol. The summed E-state index contributed by atoms with van der Waals surface area (Å²) < 4.78 is 18.1. The quantitative estimate of drug-likeness (QED) is 0.707. The average Bonchev–Trinajstić information content (AvgIpc) is 2.15. The van der Waals surface area contributed by atoms with Crippen LogP contribution in [0.5, 0.6) is 0 Å². The fraction of sp³-hybridized carbons (Fsp3) is 0.400. The van der Waals surface area contributed by atoms with Crippen LogP contribution in [0.4, 0.5) is 10.1 Å². The molecule has 13 heavy (non-hydrogen) atoms. The van der Waals surface area contributed by atoms with Gasteiger partial charge in [0.2, 0.25) is 0 Å². The second-order valence-corrected chi connectivity index (χ2v) is 2.60. The molecule has 0 saturated heterocycles. The van der Waals surface area contributed by atoms with Crippen molar-refractivity contribution in [3.63, 3.8) is 0 Å². The highest BCUT2D eigenvalue weighted by Gasteiger charge is 1.97. The summed E-state index contributed by atoms with van der Waals surface area (Å²) in [6.07, 6.45) is 0. The van der Waals surface area contributed by atoms with Crippen LogP contribution in [0.2, 0.25) is 0 Å². The van der Waals surface area contributed by atoms with Gasteiger partial charge in [-0.3, -0.25) is 0 Å². The summed E-state index contributed by atoms with van der Waals surface area (Å²) in [4.78, 5) is 0. The lowest BCUT2D eigenvalue weighted by Gasteiger charge is -2.06. The highest BCUT2D eigenvalue weighted by molar-refractivity contribution is 5.44. The first-order valence-corrected chi connectivity index (χ1v) is 4.40. The van der Waals surface area contributed by atoms with Gasteiger partial charge < -0.3 is 10.1 Å². The van der Waals surface area contributed by atoms with Gasteiger partial charge in [0, 0.05) is 13.2 Å². The minimum Gasteiger partial charge on any atom is -0.380 e. The molecule has 0 unspecified atom stereocenters. The molecule has 1 rings (SSSR count). The Balaban J connectivity index is 2.32. The van der Waals surface area contributed by atoms with Crippen molar-refractivity contribution in [1.82, 2.24) is 0 Å². The Morgan fingerprint density at radius 1 is 1.38 bits per heavy atom. The Morgan fingerprint density at radius 2 is 2.15 bits per heavy atom. The van der Waals surface area contributed by atoms with E-state index in [1.54, 1.807) is 18.2 Å². The largest absolute Gasteiger partial charge is 0.380 e. The number of hydrogen-bond donors (Lipinski definition) is 1. The molecular weight excluding hydrogens is 169 g/mol. The van der Waals surface area contributed by atoms with Crippen LogP contribution in [0.1, 0.15) is 6.92 Å². The Bertz CT molecular complexity index is 252. The van der Waals surface area contributed by atoms with Gasteiger partial charge in [0.25, 0.3) is 0 Å². The van der Waals surface area contributed by atoms with Crippen LogP contribution in [0.25, 0.3) is 0 Å². The van der Waals surface area contributed by atoms with Crippen molar-refractivity contribution >= 4 is 5.69 Å². The zero-order valence-electron chi connectivity index (χ0n) is 7.72. The maximum absolute atomic E-state index is 13.0. The maximum Gasteiger partial charge on any atom is 0.146 e. The average molecular weight is 183 g/mol. The van der Waals surface area contributed by atoms with Gasteiger partial charge in [-0.15, -0.1) is 0 Å². The van der Waals surface area contributed by atoms with E-state index < -0.39 is 0 Å². The second-order valence-electron chi connectivity index (χ2n) is 2.60. The van der Waals surface area contributed by atoms with E-state index in [1.807, 2.05) is 6.92 Å². The predicted octanol–water partition coefficient (Wildman–Crippen LogP) is 2.27. The minimum atomic E-state index is -0.223. The van der Waals surface area contributed by atoms with Gasteiger partial charge in [-0.2, -0.15) is 0 Å². The number of nitrogens with one attached hydrogen (secondary N) is 1. The number of halogens is 1. The Morgan fingerprint density at radius 3 is 2.85 bits per heavy atom. The molecule has 0 bridgehead atoms. The molecule has 2 nitrogen and oxygen atoms in total. The lowest BCUT2D eigenvalue weighted by atomic mass is 10.3. The Kier molecular flexibility index (Phi) is 4.26. The van der Waals surface area contributed by atoms with Crippen LogP contribution in [-0.2, 0) is 4.74 Å². The number of anilines is 1.